The van der Waals surface area contributed by atoms with E-state index < -0.39 is 0 Å². The first-order valence-electron chi connectivity index (χ1n) is 17.6. The van der Waals surface area contributed by atoms with Crippen LogP contribution in [0.1, 0.15) is 0 Å². The Morgan fingerprint density at radius 1 is 0.385 bits per heavy atom. The molecule has 0 saturated carbocycles. The summed E-state index contributed by atoms with van der Waals surface area (Å²) in [5.41, 5.74) is 10.6. The number of nitrogens with zero attached hydrogens (tertiary/aromatic N) is 2. The molecule has 0 aliphatic carbocycles. The van der Waals surface area contributed by atoms with E-state index in [4.69, 9.17) is 9.40 Å². The third kappa shape index (κ3) is 5.10. The lowest BCUT2D eigenvalue weighted by molar-refractivity contribution is 0.620. The van der Waals surface area contributed by atoms with Crippen LogP contribution in [-0.2, 0) is 0 Å². The van der Waals surface area contributed by atoms with Crippen molar-refractivity contribution >= 4 is 60.5 Å². The lowest BCUT2D eigenvalue weighted by atomic mass is 9.93. The van der Waals surface area contributed by atoms with Crippen LogP contribution in [0.5, 0.6) is 0 Å². The molecule has 244 valence electrons. The summed E-state index contributed by atoms with van der Waals surface area (Å²) in [6, 6.07) is 68.9. The highest BCUT2D eigenvalue weighted by molar-refractivity contribution is 6.14. The van der Waals surface area contributed by atoms with Crippen LogP contribution in [0.4, 0.5) is 17.1 Å². The average molecular weight is 665 g/mol. The molecule has 0 aliphatic heterocycles. The van der Waals surface area contributed by atoms with Crippen molar-refractivity contribution in [3.8, 4) is 33.7 Å². The van der Waals surface area contributed by atoms with Crippen LogP contribution in [0.15, 0.2) is 199 Å². The molecule has 0 radical (unpaired) electrons. The minimum Gasteiger partial charge on any atom is -0.436 e. The van der Waals surface area contributed by atoms with E-state index in [1.54, 1.807) is 0 Å². The van der Waals surface area contributed by atoms with E-state index in [9.17, 15) is 0 Å². The van der Waals surface area contributed by atoms with Crippen molar-refractivity contribution in [3.63, 3.8) is 0 Å². The fourth-order valence-electron chi connectivity index (χ4n) is 7.59. The number of fused-ring (bicyclic) bond motifs is 6. The van der Waals surface area contributed by atoms with Crippen LogP contribution in [0.2, 0.25) is 0 Å². The summed E-state index contributed by atoms with van der Waals surface area (Å²) in [4.78, 5) is 7.32. The fourth-order valence-corrected chi connectivity index (χ4v) is 7.59. The van der Waals surface area contributed by atoms with Crippen molar-refractivity contribution in [1.29, 1.82) is 0 Å². The molecule has 1 aromatic heterocycles. The standard InChI is InChI=1S/C49H32N2O/c1-3-13-33(14-4-1)41-19-11-12-22-46(41)51(39-28-29-42-37(31-39)25-30-47-48(42)50-49(52-47)35-15-5-2-6-16-35)38-26-23-34(24-27-38)45-32-36-17-7-8-18-40(36)43-20-9-10-21-44(43)45/h1-32H. The molecule has 0 unspecified atom stereocenters. The van der Waals surface area contributed by atoms with Gasteiger partial charge in [0.2, 0.25) is 5.89 Å². The second kappa shape index (κ2) is 12.4. The summed E-state index contributed by atoms with van der Waals surface area (Å²) in [6.45, 7) is 0. The highest BCUT2D eigenvalue weighted by Gasteiger charge is 2.19. The molecule has 0 aliphatic rings. The van der Waals surface area contributed by atoms with Gasteiger partial charge in [-0.2, -0.15) is 0 Å². The Morgan fingerprint density at radius 2 is 1.00 bits per heavy atom. The van der Waals surface area contributed by atoms with Gasteiger partial charge in [0.1, 0.15) is 5.52 Å². The molecule has 0 atom stereocenters. The lowest BCUT2D eigenvalue weighted by Gasteiger charge is -2.28. The summed E-state index contributed by atoms with van der Waals surface area (Å²) in [5, 5.41) is 7.20. The van der Waals surface area contributed by atoms with Crippen LogP contribution < -0.4 is 4.90 Å². The van der Waals surface area contributed by atoms with Gasteiger partial charge in [0.15, 0.2) is 5.58 Å². The summed E-state index contributed by atoms with van der Waals surface area (Å²) in [5.74, 6) is 0.630. The van der Waals surface area contributed by atoms with E-state index in [1.165, 1.54) is 38.2 Å². The van der Waals surface area contributed by atoms with Gasteiger partial charge in [-0.1, -0.05) is 133 Å². The highest BCUT2D eigenvalue weighted by atomic mass is 16.3. The predicted octanol–water partition coefficient (Wildman–Crippen LogP) is 13.8. The number of hydrogen-bond donors (Lipinski definition) is 0. The van der Waals surface area contributed by atoms with E-state index in [2.05, 4.69) is 163 Å². The normalized spacial score (nSPS) is 11.5. The topological polar surface area (TPSA) is 29.3 Å². The van der Waals surface area contributed by atoms with Gasteiger partial charge < -0.3 is 9.32 Å². The average Bonchev–Trinajstić information content (AvgIpc) is 3.67. The molecule has 10 rings (SSSR count). The first-order chi connectivity index (χ1) is 25.8. The quantitative estimate of drug-likeness (QED) is 0.166. The molecule has 0 N–H and O–H groups in total. The maximum atomic E-state index is 6.22. The number of rotatable bonds is 6. The maximum Gasteiger partial charge on any atom is 0.227 e. The third-order valence-corrected chi connectivity index (χ3v) is 10.1. The number of anilines is 3. The number of aromatic nitrogens is 1. The minimum atomic E-state index is 0.630. The molecule has 10 aromatic rings. The molecule has 0 saturated heterocycles. The number of para-hydroxylation sites is 1. The van der Waals surface area contributed by atoms with Gasteiger partial charge >= 0.3 is 0 Å². The molecule has 1 heterocycles. The molecular formula is C49H32N2O. The zero-order chi connectivity index (χ0) is 34.4. The number of oxazole rings is 1. The van der Waals surface area contributed by atoms with Gasteiger partial charge in [-0.25, -0.2) is 4.98 Å². The van der Waals surface area contributed by atoms with E-state index in [-0.39, 0.29) is 0 Å². The lowest BCUT2D eigenvalue weighted by Crippen LogP contribution is -2.11. The van der Waals surface area contributed by atoms with Crippen LogP contribution in [0.25, 0.3) is 77.1 Å². The van der Waals surface area contributed by atoms with Gasteiger partial charge in [0.25, 0.3) is 0 Å². The third-order valence-electron chi connectivity index (χ3n) is 10.1. The smallest absolute Gasteiger partial charge is 0.227 e. The van der Waals surface area contributed by atoms with Crippen molar-refractivity contribution in [2.24, 2.45) is 0 Å². The van der Waals surface area contributed by atoms with Crippen LogP contribution in [0.3, 0.4) is 0 Å². The van der Waals surface area contributed by atoms with Gasteiger partial charge in [-0.3, -0.25) is 0 Å². The fraction of sp³-hybridized carbons (Fsp3) is 0. The van der Waals surface area contributed by atoms with Crippen molar-refractivity contribution in [2.45, 2.75) is 0 Å². The largest absolute Gasteiger partial charge is 0.436 e. The minimum absolute atomic E-state index is 0.630. The van der Waals surface area contributed by atoms with Crippen LogP contribution in [-0.4, -0.2) is 4.98 Å². The van der Waals surface area contributed by atoms with Crippen molar-refractivity contribution in [1.82, 2.24) is 4.98 Å². The number of hydrogen-bond acceptors (Lipinski definition) is 3. The second-order valence-electron chi connectivity index (χ2n) is 13.2. The molecule has 0 amide bonds. The highest BCUT2D eigenvalue weighted by Crippen LogP contribution is 2.43. The van der Waals surface area contributed by atoms with E-state index >= 15 is 0 Å². The zero-order valence-electron chi connectivity index (χ0n) is 28.3. The Morgan fingerprint density at radius 3 is 1.81 bits per heavy atom. The van der Waals surface area contributed by atoms with Crippen molar-refractivity contribution in [2.75, 3.05) is 4.90 Å². The van der Waals surface area contributed by atoms with Crippen LogP contribution >= 0.6 is 0 Å². The molecule has 9 aromatic carbocycles. The molecule has 0 bridgehead atoms. The Labute approximate surface area is 301 Å². The SMILES string of the molecule is c1ccc(-c2nc3c(ccc4cc(N(c5ccc(-c6cc7ccccc7c7ccccc67)cc5)c5ccccc5-c5ccccc5)ccc43)o2)cc1. The predicted molar refractivity (Wildman–Crippen MR) is 218 cm³/mol. The molecule has 3 heteroatoms. The Hall–Kier alpha value is -6.97. The molecule has 0 fully saturated rings. The monoisotopic (exact) mass is 664 g/mol. The molecule has 52 heavy (non-hydrogen) atoms. The van der Waals surface area contributed by atoms with Gasteiger partial charge in [-0.05, 0) is 104 Å². The van der Waals surface area contributed by atoms with Crippen molar-refractivity contribution < 1.29 is 4.42 Å². The molecular weight excluding hydrogens is 633 g/mol. The second-order valence-corrected chi connectivity index (χ2v) is 13.2. The van der Waals surface area contributed by atoms with Crippen LogP contribution in [0, 0.1) is 0 Å². The zero-order valence-corrected chi connectivity index (χ0v) is 28.3. The Bertz CT molecular complexity index is 2890. The summed E-state index contributed by atoms with van der Waals surface area (Å²) >= 11 is 0. The van der Waals surface area contributed by atoms with E-state index in [0.717, 1.165) is 50.1 Å². The first-order valence-corrected chi connectivity index (χ1v) is 17.6. The van der Waals surface area contributed by atoms with E-state index in [0.29, 0.717) is 5.89 Å². The van der Waals surface area contributed by atoms with Gasteiger partial charge in [0.05, 0.1) is 5.69 Å². The number of benzene rings is 9. The van der Waals surface area contributed by atoms with Crippen molar-refractivity contribution in [3.05, 3.63) is 194 Å². The Kier molecular flexibility index (Phi) is 7.14. The summed E-state index contributed by atoms with van der Waals surface area (Å²) < 4.78 is 6.22. The first kappa shape index (κ1) is 29.9. The maximum absolute atomic E-state index is 6.22. The van der Waals surface area contributed by atoms with Gasteiger partial charge in [-0.15, -0.1) is 0 Å². The Balaban J connectivity index is 1.13. The molecule has 0 spiro atoms. The van der Waals surface area contributed by atoms with Gasteiger partial charge in [0, 0.05) is 27.9 Å². The molecule has 3 nitrogen and oxygen atoms in total. The van der Waals surface area contributed by atoms with E-state index in [1.807, 2.05) is 36.4 Å². The summed E-state index contributed by atoms with van der Waals surface area (Å²) in [6.07, 6.45) is 0. The summed E-state index contributed by atoms with van der Waals surface area (Å²) in [7, 11) is 0.